The Morgan fingerprint density at radius 1 is 0.974 bits per heavy atom. The van der Waals surface area contributed by atoms with Crippen molar-refractivity contribution < 1.29 is 18.7 Å². The minimum atomic E-state index is -0.376. The van der Waals surface area contributed by atoms with Gasteiger partial charge in [0.25, 0.3) is 0 Å². The second kappa shape index (κ2) is 13.7. The van der Waals surface area contributed by atoms with Gasteiger partial charge < -0.3 is 14.5 Å². The number of amides is 2. The maximum atomic E-state index is 13.5. The van der Waals surface area contributed by atoms with Crippen molar-refractivity contribution >= 4 is 17.5 Å². The molecule has 4 rings (SSSR count). The number of fused-ring (bicyclic) bond motifs is 1. The fourth-order valence-corrected chi connectivity index (χ4v) is 4.78. The summed E-state index contributed by atoms with van der Waals surface area (Å²) in [5.41, 5.74) is 2.92. The number of aromatic nitrogens is 1. The first-order valence-electron chi connectivity index (χ1n) is 13.1. The number of carbonyl (C=O) groups excluding carboxylic acids is 2. The van der Waals surface area contributed by atoms with E-state index in [-0.39, 0.29) is 30.7 Å². The average molecular weight is 519 g/mol. The van der Waals surface area contributed by atoms with Gasteiger partial charge >= 0.3 is 0 Å². The van der Waals surface area contributed by atoms with Crippen LogP contribution >= 0.6 is 0 Å². The monoisotopic (exact) mass is 518 g/mol. The Morgan fingerprint density at radius 3 is 2.55 bits per heavy atom. The van der Waals surface area contributed by atoms with E-state index in [4.69, 9.17) is 4.74 Å². The van der Waals surface area contributed by atoms with Crippen LogP contribution in [0.5, 0.6) is 5.75 Å². The number of carbonyl (C=O) groups is 2. The summed E-state index contributed by atoms with van der Waals surface area (Å²) in [4.78, 5) is 36.2. The minimum Gasteiger partial charge on any atom is -0.493 e. The van der Waals surface area contributed by atoms with E-state index in [1.807, 2.05) is 46.3 Å². The lowest BCUT2D eigenvalue weighted by Crippen LogP contribution is -2.38. The summed E-state index contributed by atoms with van der Waals surface area (Å²) in [5.74, 6) is -0.0320. The number of pyridine rings is 1. The molecule has 3 aromatic rings. The summed E-state index contributed by atoms with van der Waals surface area (Å²) in [6.45, 7) is 5.75. The number of para-hydroxylation sites is 1. The molecule has 0 bridgehead atoms. The molecule has 7 nitrogen and oxygen atoms in total. The molecule has 1 aliphatic heterocycles. The Kier molecular flexibility index (Phi) is 9.81. The van der Waals surface area contributed by atoms with Crippen LogP contribution in [-0.2, 0) is 22.7 Å². The van der Waals surface area contributed by atoms with E-state index in [1.54, 1.807) is 25.3 Å². The predicted octanol–water partition coefficient (Wildman–Crippen LogP) is 4.67. The molecule has 0 unspecified atom stereocenters. The van der Waals surface area contributed by atoms with Crippen LogP contribution in [0.25, 0.3) is 0 Å². The number of hydrogen-bond donors (Lipinski definition) is 0. The highest BCUT2D eigenvalue weighted by Gasteiger charge is 2.21. The second-order valence-corrected chi connectivity index (χ2v) is 9.52. The fraction of sp³-hybridized carbons (Fsp3) is 0.367. The van der Waals surface area contributed by atoms with Crippen LogP contribution in [0.3, 0.4) is 0 Å². The van der Waals surface area contributed by atoms with Crippen molar-refractivity contribution in [2.75, 3.05) is 37.7 Å². The lowest BCUT2D eigenvalue weighted by Gasteiger charge is -2.31. The number of rotatable bonds is 6. The normalized spacial score (nSPS) is 15.2. The molecule has 8 heteroatoms. The molecule has 0 radical (unpaired) electrons. The molecule has 2 heterocycles. The van der Waals surface area contributed by atoms with Gasteiger partial charge in [-0.15, -0.1) is 0 Å². The van der Waals surface area contributed by atoms with Gasteiger partial charge in [0, 0.05) is 70.3 Å². The molecule has 1 aromatic heterocycles. The highest BCUT2D eigenvalue weighted by Crippen LogP contribution is 2.24. The Hall–Kier alpha value is -3.78. The molecule has 0 saturated carbocycles. The largest absolute Gasteiger partial charge is 0.493 e. The van der Waals surface area contributed by atoms with Gasteiger partial charge in [0.15, 0.2) is 0 Å². The minimum absolute atomic E-state index is 0.0188. The van der Waals surface area contributed by atoms with Crippen LogP contribution < -0.4 is 9.64 Å². The van der Waals surface area contributed by atoms with E-state index < -0.39 is 0 Å². The molecule has 0 atom stereocenters. The summed E-state index contributed by atoms with van der Waals surface area (Å²) < 4.78 is 19.1. The molecular weight excluding hydrogens is 483 g/mol. The third-order valence-corrected chi connectivity index (χ3v) is 6.64. The van der Waals surface area contributed by atoms with E-state index in [0.717, 1.165) is 49.3 Å². The highest BCUT2D eigenvalue weighted by molar-refractivity contribution is 5.92. The van der Waals surface area contributed by atoms with Gasteiger partial charge in [-0.3, -0.25) is 19.5 Å². The lowest BCUT2D eigenvalue weighted by molar-refractivity contribution is -0.132. The van der Waals surface area contributed by atoms with E-state index in [9.17, 15) is 14.0 Å². The van der Waals surface area contributed by atoms with Crippen molar-refractivity contribution in [2.24, 2.45) is 0 Å². The number of benzene rings is 2. The zero-order chi connectivity index (χ0) is 26.7. The highest BCUT2D eigenvalue weighted by atomic mass is 19.1. The first-order valence-corrected chi connectivity index (χ1v) is 13.1. The SMILES string of the molecule is CC(=O)N1CCCN(Cc2cccnc2)CCCN(C(=O)CCOc2cccc(F)c2)Cc2ccccc21. The van der Waals surface area contributed by atoms with E-state index >= 15 is 0 Å². The molecule has 2 amide bonds. The van der Waals surface area contributed by atoms with Gasteiger partial charge in [-0.1, -0.05) is 30.3 Å². The number of halogens is 1. The third kappa shape index (κ3) is 7.86. The van der Waals surface area contributed by atoms with E-state index in [0.29, 0.717) is 25.4 Å². The first kappa shape index (κ1) is 27.3. The van der Waals surface area contributed by atoms with Crippen molar-refractivity contribution in [3.63, 3.8) is 0 Å². The molecule has 1 aliphatic rings. The van der Waals surface area contributed by atoms with Crippen LogP contribution in [0, 0.1) is 5.82 Å². The van der Waals surface area contributed by atoms with Crippen molar-refractivity contribution in [2.45, 2.75) is 39.3 Å². The summed E-state index contributed by atoms with van der Waals surface area (Å²) in [6.07, 6.45) is 5.48. The molecule has 2 aromatic carbocycles. The predicted molar refractivity (Wildman–Crippen MR) is 145 cm³/mol. The third-order valence-electron chi connectivity index (χ3n) is 6.64. The van der Waals surface area contributed by atoms with Crippen LogP contribution in [-0.4, -0.2) is 59.4 Å². The summed E-state index contributed by atoms with van der Waals surface area (Å²) in [7, 11) is 0. The number of ether oxygens (including phenoxy) is 1. The summed E-state index contributed by atoms with van der Waals surface area (Å²) in [6, 6.07) is 17.7. The van der Waals surface area contributed by atoms with Gasteiger partial charge in [0.05, 0.1) is 13.0 Å². The van der Waals surface area contributed by atoms with E-state index in [1.165, 1.54) is 12.1 Å². The van der Waals surface area contributed by atoms with Crippen molar-refractivity contribution in [1.82, 2.24) is 14.8 Å². The van der Waals surface area contributed by atoms with Gasteiger partial charge in [-0.2, -0.15) is 0 Å². The molecule has 200 valence electrons. The Bertz CT molecular complexity index is 1210. The Balaban J connectivity index is 1.50. The van der Waals surface area contributed by atoms with E-state index in [2.05, 4.69) is 16.0 Å². The Labute approximate surface area is 223 Å². The second-order valence-electron chi connectivity index (χ2n) is 9.52. The van der Waals surface area contributed by atoms with Gasteiger partial charge in [-0.25, -0.2) is 4.39 Å². The van der Waals surface area contributed by atoms with Crippen molar-refractivity contribution in [3.05, 3.63) is 90.0 Å². The molecule has 0 aliphatic carbocycles. The topological polar surface area (TPSA) is 66.0 Å². The maximum absolute atomic E-state index is 13.5. The maximum Gasteiger partial charge on any atom is 0.226 e. The van der Waals surface area contributed by atoms with Gasteiger partial charge in [-0.05, 0) is 48.2 Å². The van der Waals surface area contributed by atoms with Crippen LogP contribution in [0.2, 0.25) is 0 Å². The number of hydrogen-bond acceptors (Lipinski definition) is 5. The van der Waals surface area contributed by atoms with Gasteiger partial charge in [0.1, 0.15) is 11.6 Å². The van der Waals surface area contributed by atoms with Crippen molar-refractivity contribution in [3.8, 4) is 5.75 Å². The quantitative estimate of drug-likeness (QED) is 0.475. The zero-order valence-electron chi connectivity index (χ0n) is 21.9. The van der Waals surface area contributed by atoms with Crippen molar-refractivity contribution in [1.29, 1.82) is 0 Å². The molecular formula is C30H35FN4O3. The fourth-order valence-electron chi connectivity index (χ4n) is 4.78. The lowest BCUT2D eigenvalue weighted by atomic mass is 10.1. The standard InChI is InChI=1S/C30H35FN4O3/c1-24(36)35-18-7-16-33(22-25-8-5-14-32-21-25)15-6-17-34(23-26-9-2-3-12-29(26)35)30(37)13-19-38-28-11-4-10-27(31)20-28/h2-5,8-12,14,20-21H,6-7,13,15-19,22-23H2,1H3. The first-order chi connectivity index (χ1) is 18.5. The molecule has 0 saturated heterocycles. The molecule has 0 fully saturated rings. The number of nitrogens with zero attached hydrogens (tertiary/aromatic N) is 4. The van der Waals surface area contributed by atoms with Crippen LogP contribution in [0.15, 0.2) is 73.1 Å². The van der Waals surface area contributed by atoms with Crippen LogP contribution in [0.4, 0.5) is 10.1 Å². The molecule has 0 N–H and O–H groups in total. The Morgan fingerprint density at radius 2 is 1.79 bits per heavy atom. The number of anilines is 1. The smallest absolute Gasteiger partial charge is 0.226 e. The van der Waals surface area contributed by atoms with Gasteiger partial charge in [0.2, 0.25) is 11.8 Å². The molecule has 0 spiro atoms. The summed E-state index contributed by atoms with van der Waals surface area (Å²) in [5, 5.41) is 0. The summed E-state index contributed by atoms with van der Waals surface area (Å²) >= 11 is 0. The zero-order valence-corrected chi connectivity index (χ0v) is 21.9. The average Bonchev–Trinajstić information content (AvgIpc) is 2.90. The molecule has 38 heavy (non-hydrogen) atoms. The van der Waals surface area contributed by atoms with Crippen LogP contribution in [0.1, 0.15) is 37.3 Å².